The van der Waals surface area contributed by atoms with Crippen molar-refractivity contribution < 1.29 is 4.79 Å². The summed E-state index contributed by atoms with van der Waals surface area (Å²) in [6.07, 6.45) is 4.10. The van der Waals surface area contributed by atoms with Crippen LogP contribution in [0.15, 0.2) is 18.3 Å². The van der Waals surface area contributed by atoms with Gasteiger partial charge in [-0.05, 0) is 38.1 Å². The standard InChI is InChI=1S/C15H24N4O/c1-4-19-9-5-6-13(19)11-18(3)15(20)14-8-7-12(16-2)10-17-14/h7-8,10,13,16H,4-6,9,11H2,1-3H3. The maximum absolute atomic E-state index is 12.4. The van der Waals surface area contributed by atoms with Gasteiger partial charge in [-0.1, -0.05) is 6.92 Å². The lowest BCUT2D eigenvalue weighted by Crippen LogP contribution is -2.41. The summed E-state index contributed by atoms with van der Waals surface area (Å²) < 4.78 is 0. The van der Waals surface area contributed by atoms with E-state index in [1.807, 2.05) is 20.2 Å². The summed E-state index contributed by atoms with van der Waals surface area (Å²) in [5.74, 6) is -0.00407. The summed E-state index contributed by atoms with van der Waals surface area (Å²) >= 11 is 0. The minimum atomic E-state index is -0.00407. The maximum Gasteiger partial charge on any atom is 0.272 e. The highest BCUT2D eigenvalue weighted by Gasteiger charge is 2.26. The molecule has 0 bridgehead atoms. The van der Waals surface area contributed by atoms with E-state index in [0.29, 0.717) is 11.7 Å². The molecule has 0 spiro atoms. The monoisotopic (exact) mass is 276 g/mol. The molecule has 1 aliphatic rings. The van der Waals surface area contributed by atoms with Gasteiger partial charge in [-0.25, -0.2) is 4.98 Å². The van der Waals surface area contributed by atoms with Crippen LogP contribution >= 0.6 is 0 Å². The second kappa shape index (κ2) is 6.70. The molecule has 0 aromatic carbocycles. The third-order valence-electron chi connectivity index (χ3n) is 4.01. The van der Waals surface area contributed by atoms with E-state index in [2.05, 4.69) is 22.1 Å². The summed E-state index contributed by atoms with van der Waals surface area (Å²) in [5.41, 5.74) is 1.42. The Labute approximate surface area is 121 Å². The Morgan fingerprint density at radius 3 is 2.95 bits per heavy atom. The van der Waals surface area contributed by atoms with E-state index in [0.717, 1.165) is 25.3 Å². The molecule has 20 heavy (non-hydrogen) atoms. The molecule has 1 unspecified atom stereocenters. The van der Waals surface area contributed by atoms with Crippen molar-refractivity contribution in [2.45, 2.75) is 25.8 Å². The lowest BCUT2D eigenvalue weighted by molar-refractivity contribution is 0.0749. The highest BCUT2D eigenvalue weighted by Crippen LogP contribution is 2.18. The number of carbonyl (C=O) groups is 1. The number of hydrogen-bond acceptors (Lipinski definition) is 4. The Hall–Kier alpha value is -1.62. The molecule has 1 aromatic rings. The van der Waals surface area contributed by atoms with Crippen molar-refractivity contribution in [3.8, 4) is 0 Å². The van der Waals surface area contributed by atoms with E-state index in [-0.39, 0.29) is 5.91 Å². The van der Waals surface area contributed by atoms with Crippen LogP contribution in [0.2, 0.25) is 0 Å². The largest absolute Gasteiger partial charge is 0.387 e. The zero-order chi connectivity index (χ0) is 14.5. The van der Waals surface area contributed by atoms with Crippen LogP contribution in [0.1, 0.15) is 30.3 Å². The molecule has 1 atom stereocenters. The third-order valence-corrected chi connectivity index (χ3v) is 4.01. The summed E-state index contributed by atoms with van der Waals surface area (Å²) in [6, 6.07) is 4.14. The minimum Gasteiger partial charge on any atom is -0.387 e. The zero-order valence-corrected chi connectivity index (χ0v) is 12.6. The number of hydrogen-bond donors (Lipinski definition) is 1. The first-order valence-corrected chi connectivity index (χ1v) is 7.29. The zero-order valence-electron chi connectivity index (χ0n) is 12.6. The van der Waals surface area contributed by atoms with Gasteiger partial charge in [-0.3, -0.25) is 9.69 Å². The van der Waals surface area contributed by atoms with Gasteiger partial charge in [0.15, 0.2) is 0 Å². The topological polar surface area (TPSA) is 48.5 Å². The number of pyridine rings is 1. The van der Waals surface area contributed by atoms with Gasteiger partial charge in [0.25, 0.3) is 5.91 Å². The molecule has 1 aromatic heterocycles. The van der Waals surface area contributed by atoms with Gasteiger partial charge in [0, 0.05) is 26.7 Å². The van der Waals surface area contributed by atoms with E-state index in [9.17, 15) is 4.79 Å². The van der Waals surface area contributed by atoms with Crippen LogP contribution in [-0.2, 0) is 0 Å². The van der Waals surface area contributed by atoms with Gasteiger partial charge in [-0.2, -0.15) is 0 Å². The highest BCUT2D eigenvalue weighted by molar-refractivity contribution is 5.92. The molecule has 5 nitrogen and oxygen atoms in total. The molecule has 1 amide bonds. The maximum atomic E-state index is 12.4. The van der Waals surface area contributed by atoms with Crippen molar-refractivity contribution in [3.63, 3.8) is 0 Å². The number of rotatable bonds is 5. The molecule has 0 saturated carbocycles. The SMILES string of the molecule is CCN1CCCC1CN(C)C(=O)c1ccc(NC)cn1. The molecule has 1 N–H and O–H groups in total. The number of carbonyl (C=O) groups excluding carboxylic acids is 1. The molecule has 5 heteroatoms. The summed E-state index contributed by atoms with van der Waals surface area (Å²) in [5, 5.41) is 3.00. The van der Waals surface area contributed by atoms with Crippen LogP contribution in [0.3, 0.4) is 0 Å². The number of likely N-dealkylation sites (N-methyl/N-ethyl adjacent to an activating group) is 2. The van der Waals surface area contributed by atoms with Gasteiger partial charge in [0.2, 0.25) is 0 Å². The molecule has 110 valence electrons. The minimum absolute atomic E-state index is 0.00407. The van der Waals surface area contributed by atoms with Gasteiger partial charge in [0.1, 0.15) is 5.69 Å². The fraction of sp³-hybridized carbons (Fsp3) is 0.600. The molecule has 1 aliphatic heterocycles. The molecule has 1 fully saturated rings. The number of nitrogens with zero attached hydrogens (tertiary/aromatic N) is 3. The highest BCUT2D eigenvalue weighted by atomic mass is 16.2. The van der Waals surface area contributed by atoms with Gasteiger partial charge >= 0.3 is 0 Å². The van der Waals surface area contributed by atoms with Crippen LogP contribution in [0, 0.1) is 0 Å². The fourth-order valence-electron chi connectivity index (χ4n) is 2.78. The van der Waals surface area contributed by atoms with Gasteiger partial charge in [-0.15, -0.1) is 0 Å². The van der Waals surface area contributed by atoms with Crippen molar-refractivity contribution in [2.75, 3.05) is 39.0 Å². The van der Waals surface area contributed by atoms with Crippen molar-refractivity contribution in [1.82, 2.24) is 14.8 Å². The first-order chi connectivity index (χ1) is 9.65. The average molecular weight is 276 g/mol. The van der Waals surface area contributed by atoms with Crippen molar-refractivity contribution >= 4 is 11.6 Å². The van der Waals surface area contributed by atoms with Crippen LogP contribution in [0.5, 0.6) is 0 Å². The van der Waals surface area contributed by atoms with Crippen LogP contribution in [0.4, 0.5) is 5.69 Å². The molecule has 1 saturated heterocycles. The first kappa shape index (κ1) is 14.8. The van der Waals surface area contributed by atoms with Crippen LogP contribution < -0.4 is 5.32 Å². The summed E-state index contributed by atoms with van der Waals surface area (Å²) in [6.45, 7) is 5.17. The van der Waals surface area contributed by atoms with Gasteiger partial charge < -0.3 is 10.2 Å². The number of anilines is 1. The molecular formula is C15H24N4O. The van der Waals surface area contributed by atoms with Gasteiger partial charge in [0.05, 0.1) is 11.9 Å². The number of amides is 1. The number of aromatic nitrogens is 1. The lowest BCUT2D eigenvalue weighted by atomic mass is 10.2. The summed E-state index contributed by atoms with van der Waals surface area (Å²) in [7, 11) is 3.70. The summed E-state index contributed by atoms with van der Waals surface area (Å²) in [4.78, 5) is 20.8. The van der Waals surface area contributed by atoms with Crippen LogP contribution in [-0.4, -0.2) is 60.5 Å². The van der Waals surface area contributed by atoms with E-state index in [1.54, 1.807) is 17.2 Å². The Morgan fingerprint density at radius 2 is 2.35 bits per heavy atom. The number of nitrogens with one attached hydrogen (secondary N) is 1. The molecule has 0 radical (unpaired) electrons. The van der Waals surface area contributed by atoms with Crippen molar-refractivity contribution in [1.29, 1.82) is 0 Å². The molecule has 2 heterocycles. The number of likely N-dealkylation sites (tertiary alicyclic amines) is 1. The van der Waals surface area contributed by atoms with Crippen molar-refractivity contribution in [2.24, 2.45) is 0 Å². The molecule has 2 rings (SSSR count). The normalized spacial score (nSPS) is 19.1. The van der Waals surface area contributed by atoms with Crippen LogP contribution in [0.25, 0.3) is 0 Å². The Kier molecular flexibility index (Phi) is 4.95. The average Bonchev–Trinajstić information content (AvgIpc) is 2.93. The Morgan fingerprint density at radius 1 is 1.55 bits per heavy atom. The van der Waals surface area contributed by atoms with E-state index in [4.69, 9.17) is 0 Å². The van der Waals surface area contributed by atoms with Crippen molar-refractivity contribution in [3.05, 3.63) is 24.0 Å². The Bertz CT molecular complexity index is 446. The second-order valence-corrected chi connectivity index (χ2v) is 5.29. The van der Waals surface area contributed by atoms with E-state index < -0.39 is 0 Å². The third kappa shape index (κ3) is 3.28. The molecular weight excluding hydrogens is 252 g/mol. The quantitative estimate of drug-likeness (QED) is 0.889. The Balaban J connectivity index is 1.97. The lowest BCUT2D eigenvalue weighted by Gasteiger charge is -2.27. The van der Waals surface area contributed by atoms with E-state index in [1.165, 1.54) is 12.8 Å². The van der Waals surface area contributed by atoms with E-state index >= 15 is 0 Å². The first-order valence-electron chi connectivity index (χ1n) is 7.29. The predicted molar refractivity (Wildman–Crippen MR) is 81.0 cm³/mol. The fourth-order valence-corrected chi connectivity index (χ4v) is 2.78. The second-order valence-electron chi connectivity index (χ2n) is 5.29. The predicted octanol–water partition coefficient (Wildman–Crippen LogP) is 1.68. The molecule has 0 aliphatic carbocycles. The smallest absolute Gasteiger partial charge is 0.272 e.